The standard InChI is InChI=1S/C16H17N3O/c1-3-10-19-15(17)14(18-16(19)12-4-5-12)11-6-8-13(20-2)9-7-11/h1,6-9,12H,4-5,10,17H2,2H3. The fourth-order valence-corrected chi connectivity index (χ4v) is 2.36. The average molecular weight is 267 g/mol. The van der Waals surface area contributed by atoms with Crippen molar-refractivity contribution in [3.8, 4) is 29.4 Å². The number of benzene rings is 1. The number of anilines is 1. The van der Waals surface area contributed by atoms with Gasteiger partial charge in [-0.1, -0.05) is 5.92 Å². The molecule has 0 spiro atoms. The highest BCUT2D eigenvalue weighted by atomic mass is 16.5. The van der Waals surface area contributed by atoms with Crippen molar-refractivity contribution >= 4 is 5.82 Å². The van der Waals surface area contributed by atoms with Gasteiger partial charge in [-0.25, -0.2) is 4.98 Å². The van der Waals surface area contributed by atoms with Gasteiger partial charge in [-0.2, -0.15) is 0 Å². The van der Waals surface area contributed by atoms with Crippen molar-refractivity contribution in [2.24, 2.45) is 0 Å². The number of hydrogen-bond acceptors (Lipinski definition) is 3. The molecule has 1 aliphatic carbocycles. The second-order valence-corrected chi connectivity index (χ2v) is 5.00. The van der Waals surface area contributed by atoms with Crippen LogP contribution in [0, 0.1) is 12.3 Å². The largest absolute Gasteiger partial charge is 0.497 e. The van der Waals surface area contributed by atoms with Crippen LogP contribution in [0.5, 0.6) is 5.75 Å². The molecule has 2 aromatic rings. The van der Waals surface area contributed by atoms with Gasteiger partial charge in [0, 0.05) is 11.5 Å². The lowest BCUT2D eigenvalue weighted by Crippen LogP contribution is -2.05. The van der Waals surface area contributed by atoms with E-state index < -0.39 is 0 Å². The number of aromatic nitrogens is 2. The first kappa shape index (κ1) is 12.6. The molecule has 0 saturated heterocycles. The van der Waals surface area contributed by atoms with Gasteiger partial charge in [-0.05, 0) is 37.1 Å². The molecule has 102 valence electrons. The molecule has 0 radical (unpaired) electrons. The van der Waals surface area contributed by atoms with E-state index in [-0.39, 0.29) is 0 Å². The molecule has 1 heterocycles. The third-order valence-corrected chi connectivity index (χ3v) is 3.59. The van der Waals surface area contributed by atoms with Crippen LogP contribution in [0.25, 0.3) is 11.3 Å². The molecule has 0 amide bonds. The van der Waals surface area contributed by atoms with Crippen molar-refractivity contribution in [1.82, 2.24) is 9.55 Å². The van der Waals surface area contributed by atoms with E-state index in [0.717, 1.165) is 22.8 Å². The quantitative estimate of drug-likeness (QED) is 0.866. The summed E-state index contributed by atoms with van der Waals surface area (Å²) in [5.74, 6) is 5.65. The topological polar surface area (TPSA) is 53.1 Å². The van der Waals surface area contributed by atoms with Gasteiger partial charge in [0.25, 0.3) is 0 Å². The number of nitrogen functional groups attached to an aromatic ring is 1. The number of methoxy groups -OCH3 is 1. The van der Waals surface area contributed by atoms with Crippen LogP contribution in [0.15, 0.2) is 24.3 Å². The number of ether oxygens (including phenoxy) is 1. The van der Waals surface area contributed by atoms with E-state index in [4.69, 9.17) is 21.9 Å². The highest BCUT2D eigenvalue weighted by Crippen LogP contribution is 2.42. The fourth-order valence-electron chi connectivity index (χ4n) is 2.36. The molecule has 1 aliphatic rings. The van der Waals surface area contributed by atoms with Crippen molar-refractivity contribution in [2.75, 3.05) is 12.8 Å². The molecule has 0 atom stereocenters. The molecule has 0 unspecified atom stereocenters. The lowest BCUT2D eigenvalue weighted by molar-refractivity contribution is 0.415. The summed E-state index contributed by atoms with van der Waals surface area (Å²) in [6.07, 6.45) is 7.77. The normalized spacial score (nSPS) is 14.0. The van der Waals surface area contributed by atoms with Crippen molar-refractivity contribution in [3.05, 3.63) is 30.1 Å². The Labute approximate surface area is 118 Å². The number of hydrogen-bond donors (Lipinski definition) is 1. The average Bonchev–Trinajstić information content (AvgIpc) is 3.27. The zero-order valence-electron chi connectivity index (χ0n) is 11.5. The monoisotopic (exact) mass is 267 g/mol. The highest BCUT2D eigenvalue weighted by molar-refractivity contribution is 5.71. The molecule has 1 aromatic carbocycles. The minimum Gasteiger partial charge on any atom is -0.497 e. The van der Waals surface area contributed by atoms with E-state index in [1.807, 2.05) is 28.8 Å². The van der Waals surface area contributed by atoms with Gasteiger partial charge in [-0.15, -0.1) is 6.42 Å². The highest BCUT2D eigenvalue weighted by Gasteiger charge is 2.30. The number of nitrogens with zero attached hydrogens (tertiary/aromatic N) is 2. The molecular formula is C16H17N3O. The molecule has 1 fully saturated rings. The minimum absolute atomic E-state index is 0.473. The zero-order chi connectivity index (χ0) is 14.1. The van der Waals surface area contributed by atoms with Crippen LogP contribution in [0.4, 0.5) is 5.82 Å². The summed E-state index contributed by atoms with van der Waals surface area (Å²) in [4.78, 5) is 4.72. The Kier molecular flexibility index (Phi) is 3.11. The predicted molar refractivity (Wildman–Crippen MR) is 79.4 cm³/mol. The van der Waals surface area contributed by atoms with E-state index >= 15 is 0 Å². The van der Waals surface area contributed by atoms with Gasteiger partial charge in [0.2, 0.25) is 0 Å². The molecule has 0 bridgehead atoms. The van der Waals surface area contributed by atoms with Crippen molar-refractivity contribution in [2.45, 2.75) is 25.3 Å². The summed E-state index contributed by atoms with van der Waals surface area (Å²) in [7, 11) is 1.65. The summed E-state index contributed by atoms with van der Waals surface area (Å²) >= 11 is 0. The van der Waals surface area contributed by atoms with Gasteiger partial charge in [0.15, 0.2) is 0 Å². The Morgan fingerprint density at radius 1 is 1.40 bits per heavy atom. The molecule has 3 rings (SSSR count). The van der Waals surface area contributed by atoms with E-state index in [2.05, 4.69) is 5.92 Å². The van der Waals surface area contributed by atoms with E-state index in [1.54, 1.807) is 7.11 Å². The maximum atomic E-state index is 6.23. The third kappa shape index (κ3) is 2.12. The van der Waals surface area contributed by atoms with Crippen molar-refractivity contribution < 1.29 is 4.74 Å². The number of imidazole rings is 1. The summed E-state index contributed by atoms with van der Waals surface area (Å²) in [5, 5.41) is 0. The first-order valence-corrected chi connectivity index (χ1v) is 6.68. The molecule has 4 nitrogen and oxygen atoms in total. The molecule has 1 saturated carbocycles. The molecule has 2 N–H and O–H groups in total. The summed E-state index contributed by atoms with van der Waals surface area (Å²) in [5.41, 5.74) is 8.03. The van der Waals surface area contributed by atoms with Crippen molar-refractivity contribution in [3.63, 3.8) is 0 Å². The SMILES string of the molecule is C#CCn1c(C2CC2)nc(-c2ccc(OC)cc2)c1N. The Morgan fingerprint density at radius 2 is 2.10 bits per heavy atom. The van der Waals surface area contributed by atoms with Crippen LogP contribution < -0.4 is 10.5 Å². The fraction of sp³-hybridized carbons (Fsp3) is 0.312. The van der Waals surface area contributed by atoms with Crippen LogP contribution in [0.1, 0.15) is 24.6 Å². The zero-order valence-corrected chi connectivity index (χ0v) is 11.5. The molecule has 1 aromatic heterocycles. The Bertz CT molecular complexity index is 660. The number of nitrogens with two attached hydrogens (primary N) is 1. The van der Waals surface area contributed by atoms with Crippen molar-refractivity contribution in [1.29, 1.82) is 0 Å². The first-order valence-electron chi connectivity index (χ1n) is 6.68. The van der Waals surface area contributed by atoms with Gasteiger partial charge in [0.1, 0.15) is 23.1 Å². The second kappa shape index (κ2) is 4.93. The van der Waals surface area contributed by atoms with Gasteiger partial charge >= 0.3 is 0 Å². The second-order valence-electron chi connectivity index (χ2n) is 5.00. The minimum atomic E-state index is 0.473. The Balaban J connectivity index is 2.04. The Hall–Kier alpha value is -2.41. The molecular weight excluding hydrogens is 250 g/mol. The summed E-state index contributed by atoms with van der Waals surface area (Å²) < 4.78 is 7.12. The van der Waals surface area contributed by atoms with E-state index in [9.17, 15) is 0 Å². The lowest BCUT2D eigenvalue weighted by atomic mass is 10.1. The van der Waals surface area contributed by atoms with Crippen LogP contribution in [-0.4, -0.2) is 16.7 Å². The van der Waals surface area contributed by atoms with Gasteiger partial charge in [0.05, 0.1) is 13.7 Å². The smallest absolute Gasteiger partial charge is 0.132 e. The maximum Gasteiger partial charge on any atom is 0.132 e. The lowest BCUT2D eigenvalue weighted by Gasteiger charge is -2.05. The van der Waals surface area contributed by atoms with E-state index in [0.29, 0.717) is 18.3 Å². The maximum absolute atomic E-state index is 6.23. The van der Waals surface area contributed by atoms with Gasteiger partial charge < -0.3 is 15.0 Å². The molecule has 0 aliphatic heterocycles. The Morgan fingerprint density at radius 3 is 2.65 bits per heavy atom. The van der Waals surface area contributed by atoms with Crippen LogP contribution in [0.3, 0.4) is 0 Å². The first-order chi connectivity index (χ1) is 9.74. The number of rotatable bonds is 4. The van der Waals surface area contributed by atoms with Gasteiger partial charge in [-0.3, -0.25) is 0 Å². The van der Waals surface area contributed by atoms with Crippen LogP contribution in [0.2, 0.25) is 0 Å². The number of terminal acetylenes is 1. The third-order valence-electron chi connectivity index (χ3n) is 3.59. The molecule has 4 heteroatoms. The predicted octanol–water partition coefficient (Wildman–Crippen LogP) is 2.65. The van der Waals surface area contributed by atoms with Crippen LogP contribution >= 0.6 is 0 Å². The summed E-state index contributed by atoms with van der Waals surface area (Å²) in [6.45, 7) is 0.473. The molecule has 20 heavy (non-hydrogen) atoms. The summed E-state index contributed by atoms with van der Waals surface area (Å²) in [6, 6.07) is 7.75. The van der Waals surface area contributed by atoms with Crippen LogP contribution in [-0.2, 0) is 6.54 Å². The van der Waals surface area contributed by atoms with E-state index in [1.165, 1.54) is 12.8 Å².